The second-order valence-electron chi connectivity index (χ2n) is 3.47. The molecular weight excluding hydrogens is 273 g/mol. The van der Waals surface area contributed by atoms with Gasteiger partial charge in [-0.05, 0) is 19.8 Å². The molecule has 1 N–H and O–H groups in total. The number of carbonyl (C=O) groups excluding carboxylic acids is 2. The average molecular weight is 289 g/mol. The van der Waals surface area contributed by atoms with Crippen LogP contribution in [0.4, 0.5) is 0 Å². The number of rotatable bonds is 6. The molecule has 0 saturated heterocycles. The van der Waals surface area contributed by atoms with Crippen LogP contribution in [0.25, 0.3) is 5.73 Å². The van der Waals surface area contributed by atoms with Gasteiger partial charge in [-0.3, -0.25) is 4.79 Å². The van der Waals surface area contributed by atoms with Crippen LogP contribution in [0.3, 0.4) is 0 Å². The molecule has 1 radical (unpaired) electrons. The monoisotopic (exact) mass is 289 g/mol. The molecule has 1 amide bonds. The zero-order chi connectivity index (χ0) is 10.5. The molecule has 0 heterocycles. The molecular formula is C9H16NO3Rh-. The van der Waals surface area contributed by atoms with Crippen LogP contribution >= 0.6 is 0 Å². The van der Waals surface area contributed by atoms with Gasteiger partial charge in [0.25, 0.3) is 0 Å². The van der Waals surface area contributed by atoms with Crippen LogP contribution < -0.4 is 0 Å². The number of amides is 1. The minimum absolute atomic E-state index is 0. The molecule has 0 aliphatic rings. The Bertz CT molecular complexity index is 208. The summed E-state index contributed by atoms with van der Waals surface area (Å²) in [7, 11) is 1.52. The van der Waals surface area contributed by atoms with E-state index in [9.17, 15) is 9.59 Å². The van der Waals surface area contributed by atoms with E-state index in [-0.39, 0.29) is 31.7 Å². The molecule has 0 saturated carbocycles. The van der Waals surface area contributed by atoms with Crippen molar-refractivity contribution in [3.8, 4) is 0 Å². The Hall–Kier alpha value is -0.277. The van der Waals surface area contributed by atoms with Gasteiger partial charge in [-0.25, -0.2) is 0 Å². The number of Topliss-reactive ketones (excluding diaryl/α,β-unsaturated/α-hetero) is 1. The molecule has 0 aliphatic heterocycles. The molecule has 0 aromatic heterocycles. The summed E-state index contributed by atoms with van der Waals surface area (Å²) in [4.78, 5) is 21.6. The van der Waals surface area contributed by atoms with Gasteiger partial charge in [0.1, 0.15) is 5.78 Å². The van der Waals surface area contributed by atoms with Gasteiger partial charge in [0.2, 0.25) is 0 Å². The molecule has 0 spiro atoms. The SMILES string of the molecule is COCC(C)(CCC([NH-])=O)C(C)=O.[Rh]. The van der Waals surface area contributed by atoms with Gasteiger partial charge in [-0.2, -0.15) is 0 Å². The van der Waals surface area contributed by atoms with E-state index in [0.717, 1.165) is 0 Å². The third-order valence-electron chi connectivity index (χ3n) is 2.22. The van der Waals surface area contributed by atoms with E-state index >= 15 is 0 Å². The maximum Gasteiger partial charge on any atom is 0.138 e. The summed E-state index contributed by atoms with van der Waals surface area (Å²) in [6, 6.07) is 0. The predicted octanol–water partition coefficient (Wildman–Crippen LogP) is 1.58. The molecule has 0 aliphatic carbocycles. The van der Waals surface area contributed by atoms with Gasteiger partial charge >= 0.3 is 0 Å². The smallest absolute Gasteiger partial charge is 0.138 e. The van der Waals surface area contributed by atoms with Crippen molar-refractivity contribution in [2.75, 3.05) is 13.7 Å². The second-order valence-corrected chi connectivity index (χ2v) is 3.47. The molecule has 85 valence electrons. The van der Waals surface area contributed by atoms with Crippen LogP contribution in [0.15, 0.2) is 0 Å². The topological polar surface area (TPSA) is 67.2 Å². The second kappa shape index (κ2) is 7.07. The van der Waals surface area contributed by atoms with Crippen LogP contribution in [0.5, 0.6) is 0 Å². The number of ketones is 1. The van der Waals surface area contributed by atoms with Gasteiger partial charge in [0.05, 0.1) is 6.61 Å². The fourth-order valence-corrected chi connectivity index (χ4v) is 1.06. The van der Waals surface area contributed by atoms with Gasteiger partial charge in [-0.15, -0.1) is 0 Å². The quantitative estimate of drug-likeness (QED) is 0.697. The molecule has 1 unspecified atom stereocenters. The zero-order valence-electron chi connectivity index (χ0n) is 8.68. The zero-order valence-corrected chi connectivity index (χ0v) is 10.3. The van der Waals surface area contributed by atoms with Crippen LogP contribution in [0.1, 0.15) is 26.7 Å². The number of nitrogens with one attached hydrogen (secondary N) is 1. The van der Waals surface area contributed by atoms with Crippen molar-refractivity contribution >= 4 is 11.7 Å². The Labute approximate surface area is 97.3 Å². The minimum Gasteiger partial charge on any atom is -0.668 e. The third kappa shape index (κ3) is 5.45. The van der Waals surface area contributed by atoms with E-state index in [2.05, 4.69) is 0 Å². The first kappa shape index (κ1) is 16.2. The van der Waals surface area contributed by atoms with E-state index in [1.165, 1.54) is 14.0 Å². The van der Waals surface area contributed by atoms with E-state index in [4.69, 9.17) is 10.5 Å². The standard InChI is InChI=1S/C9H17NO3.Rh/c1-7(11)9(2,6-13-3)5-4-8(10)12;/h4-6H2,1-3H3,(H2,10,12);/p-1. The Balaban J connectivity index is 0. The first-order chi connectivity index (χ1) is 5.92. The normalized spacial score (nSPS) is 13.9. The van der Waals surface area contributed by atoms with E-state index in [0.29, 0.717) is 13.0 Å². The number of hydrogen-bond acceptors (Lipinski definition) is 3. The molecule has 0 bridgehead atoms. The largest absolute Gasteiger partial charge is 0.668 e. The fourth-order valence-electron chi connectivity index (χ4n) is 1.06. The van der Waals surface area contributed by atoms with Crippen LogP contribution in [-0.2, 0) is 33.8 Å². The summed E-state index contributed by atoms with van der Waals surface area (Å²) in [5.41, 5.74) is 6.12. The Morgan fingerprint density at radius 3 is 2.21 bits per heavy atom. The van der Waals surface area contributed by atoms with Crippen molar-refractivity contribution in [2.45, 2.75) is 26.7 Å². The van der Waals surface area contributed by atoms with Crippen molar-refractivity contribution in [1.82, 2.24) is 0 Å². The summed E-state index contributed by atoms with van der Waals surface area (Å²) >= 11 is 0. The van der Waals surface area contributed by atoms with Crippen LogP contribution in [0, 0.1) is 5.41 Å². The summed E-state index contributed by atoms with van der Waals surface area (Å²) < 4.78 is 4.91. The van der Waals surface area contributed by atoms with Gasteiger partial charge in [0.15, 0.2) is 0 Å². The van der Waals surface area contributed by atoms with Crippen molar-refractivity contribution < 1.29 is 33.8 Å². The number of hydrogen-bond donors (Lipinski definition) is 0. The maximum atomic E-state index is 11.2. The van der Waals surface area contributed by atoms with E-state index in [1.54, 1.807) is 6.92 Å². The molecule has 5 heteroatoms. The molecule has 0 fully saturated rings. The Morgan fingerprint density at radius 1 is 1.43 bits per heavy atom. The summed E-state index contributed by atoms with van der Waals surface area (Å²) in [6.07, 6.45) is 0.498. The molecule has 0 aromatic rings. The maximum absolute atomic E-state index is 11.2. The van der Waals surface area contributed by atoms with Gasteiger partial charge in [-0.1, -0.05) is 6.92 Å². The number of ether oxygens (including phenoxy) is 1. The molecule has 4 nitrogen and oxygen atoms in total. The van der Waals surface area contributed by atoms with Gasteiger partial charge in [0, 0.05) is 37.9 Å². The van der Waals surface area contributed by atoms with Crippen molar-refractivity contribution in [3.63, 3.8) is 0 Å². The van der Waals surface area contributed by atoms with Crippen molar-refractivity contribution in [3.05, 3.63) is 5.73 Å². The Morgan fingerprint density at radius 2 is 1.93 bits per heavy atom. The molecule has 1 atom stereocenters. The van der Waals surface area contributed by atoms with E-state index < -0.39 is 11.3 Å². The van der Waals surface area contributed by atoms with Gasteiger partial charge < -0.3 is 15.3 Å². The summed E-state index contributed by atoms with van der Waals surface area (Å²) in [5, 5.41) is 0. The third-order valence-corrected chi connectivity index (χ3v) is 2.22. The number of methoxy groups -OCH3 is 1. The molecule has 0 rings (SSSR count). The fraction of sp³-hybridized carbons (Fsp3) is 0.778. The average Bonchev–Trinajstić information content (AvgIpc) is 2.01. The number of carbonyl (C=O) groups is 2. The molecule has 0 aromatic carbocycles. The predicted molar refractivity (Wildman–Crippen MR) is 49.2 cm³/mol. The van der Waals surface area contributed by atoms with Crippen molar-refractivity contribution in [1.29, 1.82) is 0 Å². The molecule has 14 heavy (non-hydrogen) atoms. The first-order valence-corrected chi connectivity index (χ1v) is 4.17. The summed E-state index contributed by atoms with van der Waals surface area (Å²) in [5.74, 6) is -0.640. The minimum atomic E-state index is -0.636. The van der Waals surface area contributed by atoms with Crippen LogP contribution in [-0.4, -0.2) is 25.4 Å². The summed E-state index contributed by atoms with van der Waals surface area (Å²) in [6.45, 7) is 3.53. The Kier molecular flexibility index (Phi) is 8.17. The van der Waals surface area contributed by atoms with Crippen LogP contribution in [0.2, 0.25) is 0 Å². The first-order valence-electron chi connectivity index (χ1n) is 4.17. The van der Waals surface area contributed by atoms with Crippen molar-refractivity contribution in [2.24, 2.45) is 5.41 Å². The van der Waals surface area contributed by atoms with E-state index in [1.807, 2.05) is 0 Å².